The van der Waals surface area contributed by atoms with Gasteiger partial charge in [0.1, 0.15) is 0 Å². The van der Waals surface area contributed by atoms with E-state index in [-0.39, 0.29) is 5.54 Å². The molecule has 0 unspecified atom stereocenters. The first-order chi connectivity index (χ1) is 10.1. The first kappa shape index (κ1) is 14.9. The molecular weight excluding hydrogens is 346 g/mol. The standard InChI is InChI=1S/C16H18BrN3S/c1-11-4-6-16(7-5-11)10-21-15(20-16)19-14-3-2-12(9-18)8-13(14)17/h2-3,8,11H,4-7,10H2,1H3,(H,19,20). The van der Waals surface area contributed by atoms with Crippen LogP contribution in [-0.2, 0) is 0 Å². The minimum atomic E-state index is 0.165. The molecule has 1 heterocycles. The van der Waals surface area contributed by atoms with Gasteiger partial charge in [-0.3, -0.25) is 4.99 Å². The Morgan fingerprint density at radius 1 is 1.43 bits per heavy atom. The van der Waals surface area contributed by atoms with Crippen LogP contribution in [0.5, 0.6) is 0 Å². The Labute approximate surface area is 138 Å². The molecule has 0 aromatic heterocycles. The Kier molecular flexibility index (Phi) is 4.28. The second kappa shape index (κ2) is 6.02. The van der Waals surface area contributed by atoms with Crippen LogP contribution in [0.15, 0.2) is 27.7 Å². The van der Waals surface area contributed by atoms with Crippen molar-refractivity contribution in [2.75, 3.05) is 11.1 Å². The van der Waals surface area contributed by atoms with Crippen LogP contribution < -0.4 is 5.32 Å². The van der Waals surface area contributed by atoms with Crippen LogP contribution in [0.25, 0.3) is 0 Å². The van der Waals surface area contributed by atoms with Gasteiger partial charge in [0, 0.05) is 10.2 Å². The molecule has 1 spiro atoms. The first-order valence-corrected chi connectivity index (χ1v) is 9.07. The molecule has 1 N–H and O–H groups in total. The maximum atomic E-state index is 8.91. The summed E-state index contributed by atoms with van der Waals surface area (Å²) in [6, 6.07) is 7.73. The Morgan fingerprint density at radius 3 is 2.86 bits per heavy atom. The number of hydrogen-bond donors (Lipinski definition) is 1. The van der Waals surface area contributed by atoms with Crippen molar-refractivity contribution in [3.8, 4) is 6.07 Å². The fraction of sp³-hybridized carbons (Fsp3) is 0.500. The molecule has 1 saturated carbocycles. The van der Waals surface area contributed by atoms with E-state index in [4.69, 9.17) is 10.3 Å². The smallest absolute Gasteiger partial charge is 0.161 e. The van der Waals surface area contributed by atoms with Crippen LogP contribution in [0.1, 0.15) is 38.2 Å². The van der Waals surface area contributed by atoms with E-state index in [2.05, 4.69) is 34.2 Å². The molecule has 0 saturated heterocycles. The average Bonchev–Trinajstić information content (AvgIpc) is 2.88. The van der Waals surface area contributed by atoms with E-state index >= 15 is 0 Å². The largest absolute Gasteiger partial charge is 0.334 e. The zero-order valence-corrected chi connectivity index (χ0v) is 14.4. The third kappa shape index (κ3) is 3.27. The quantitative estimate of drug-likeness (QED) is 0.780. The van der Waals surface area contributed by atoms with Crippen LogP contribution >= 0.6 is 27.7 Å². The number of thioether (sulfide) groups is 1. The highest BCUT2D eigenvalue weighted by Gasteiger charge is 2.38. The molecule has 3 rings (SSSR count). The lowest BCUT2D eigenvalue weighted by Gasteiger charge is -2.32. The van der Waals surface area contributed by atoms with E-state index < -0.39 is 0 Å². The van der Waals surface area contributed by atoms with E-state index in [0.717, 1.165) is 27.0 Å². The number of nitrogens with zero attached hydrogens (tertiary/aromatic N) is 2. The number of halogens is 1. The van der Waals surface area contributed by atoms with Crippen molar-refractivity contribution < 1.29 is 0 Å². The lowest BCUT2D eigenvalue weighted by Crippen LogP contribution is -2.32. The van der Waals surface area contributed by atoms with Crippen LogP contribution in [-0.4, -0.2) is 16.5 Å². The number of nitrogens with one attached hydrogen (secondary N) is 1. The van der Waals surface area contributed by atoms with Crippen molar-refractivity contribution in [2.24, 2.45) is 10.9 Å². The van der Waals surface area contributed by atoms with Crippen molar-refractivity contribution in [1.82, 2.24) is 0 Å². The average molecular weight is 364 g/mol. The molecule has 2 aliphatic rings. The zero-order valence-electron chi connectivity index (χ0n) is 12.0. The van der Waals surface area contributed by atoms with E-state index in [1.807, 2.05) is 30.0 Å². The zero-order chi connectivity index (χ0) is 14.9. The van der Waals surface area contributed by atoms with Gasteiger partial charge in [-0.1, -0.05) is 18.7 Å². The highest BCUT2D eigenvalue weighted by atomic mass is 79.9. The van der Waals surface area contributed by atoms with Crippen LogP contribution in [0.4, 0.5) is 5.69 Å². The fourth-order valence-corrected chi connectivity index (χ4v) is 4.58. The summed E-state index contributed by atoms with van der Waals surface area (Å²) in [5, 5.41) is 13.3. The van der Waals surface area contributed by atoms with Gasteiger partial charge in [-0.2, -0.15) is 5.26 Å². The minimum absolute atomic E-state index is 0.165. The van der Waals surface area contributed by atoms with Crippen LogP contribution in [0.3, 0.4) is 0 Å². The molecule has 1 aliphatic carbocycles. The van der Waals surface area contributed by atoms with Gasteiger partial charge < -0.3 is 5.32 Å². The summed E-state index contributed by atoms with van der Waals surface area (Å²) in [4.78, 5) is 4.98. The number of benzene rings is 1. The van der Waals surface area contributed by atoms with Crippen molar-refractivity contribution in [3.63, 3.8) is 0 Å². The summed E-state index contributed by atoms with van der Waals surface area (Å²) in [5.74, 6) is 1.94. The predicted octanol–water partition coefficient (Wildman–Crippen LogP) is 4.78. The SMILES string of the molecule is CC1CCC2(CC1)CSC(Nc1ccc(C#N)cc1Br)=N2. The minimum Gasteiger partial charge on any atom is -0.334 e. The van der Waals surface area contributed by atoms with E-state index in [1.54, 1.807) is 0 Å². The third-order valence-electron chi connectivity index (χ3n) is 4.36. The number of aliphatic imine (C=N–C) groups is 1. The molecule has 3 nitrogen and oxygen atoms in total. The fourth-order valence-electron chi connectivity index (χ4n) is 2.90. The molecule has 21 heavy (non-hydrogen) atoms. The number of anilines is 1. The van der Waals surface area contributed by atoms with Gasteiger partial charge in [-0.05, 0) is 65.7 Å². The highest BCUT2D eigenvalue weighted by molar-refractivity contribution is 9.10. The van der Waals surface area contributed by atoms with E-state index in [1.165, 1.54) is 25.7 Å². The molecule has 1 aromatic carbocycles. The Morgan fingerprint density at radius 2 is 2.19 bits per heavy atom. The van der Waals surface area contributed by atoms with Gasteiger partial charge in [-0.15, -0.1) is 0 Å². The molecule has 0 bridgehead atoms. The molecule has 110 valence electrons. The summed E-state index contributed by atoms with van der Waals surface area (Å²) < 4.78 is 0.906. The van der Waals surface area contributed by atoms with Crippen molar-refractivity contribution >= 4 is 38.5 Å². The Balaban J connectivity index is 1.73. The molecule has 0 atom stereocenters. The second-order valence-corrected chi connectivity index (χ2v) is 7.86. The summed E-state index contributed by atoms with van der Waals surface area (Å²) >= 11 is 5.33. The van der Waals surface area contributed by atoms with Gasteiger partial charge in [0.05, 0.1) is 22.9 Å². The molecule has 1 aromatic rings. The number of amidine groups is 1. The predicted molar refractivity (Wildman–Crippen MR) is 92.7 cm³/mol. The van der Waals surface area contributed by atoms with Gasteiger partial charge in [-0.25, -0.2) is 0 Å². The van der Waals surface area contributed by atoms with E-state index in [0.29, 0.717) is 5.56 Å². The Hall–Kier alpha value is -0.990. The molecule has 1 aliphatic heterocycles. The van der Waals surface area contributed by atoms with Gasteiger partial charge in [0.25, 0.3) is 0 Å². The maximum Gasteiger partial charge on any atom is 0.161 e. The summed E-state index contributed by atoms with van der Waals surface area (Å²) in [6.07, 6.45) is 5.00. The van der Waals surface area contributed by atoms with Crippen molar-refractivity contribution in [2.45, 2.75) is 38.1 Å². The number of hydrogen-bond acceptors (Lipinski definition) is 4. The van der Waals surface area contributed by atoms with Gasteiger partial charge in [0.2, 0.25) is 0 Å². The molecule has 5 heteroatoms. The van der Waals surface area contributed by atoms with Crippen LogP contribution in [0, 0.1) is 17.2 Å². The van der Waals surface area contributed by atoms with Gasteiger partial charge >= 0.3 is 0 Å². The first-order valence-electron chi connectivity index (χ1n) is 7.30. The summed E-state index contributed by atoms with van der Waals surface area (Å²) in [5.41, 5.74) is 1.80. The molecule has 1 fully saturated rings. The number of nitriles is 1. The molecule has 0 amide bonds. The third-order valence-corrected chi connectivity index (χ3v) is 6.17. The topological polar surface area (TPSA) is 48.2 Å². The van der Waals surface area contributed by atoms with E-state index in [9.17, 15) is 0 Å². The van der Waals surface area contributed by atoms with Crippen LogP contribution in [0.2, 0.25) is 0 Å². The normalized spacial score (nSPS) is 28.2. The van der Waals surface area contributed by atoms with Crippen molar-refractivity contribution in [3.05, 3.63) is 28.2 Å². The maximum absolute atomic E-state index is 8.91. The van der Waals surface area contributed by atoms with Gasteiger partial charge in [0.15, 0.2) is 5.17 Å². The molecule has 0 radical (unpaired) electrons. The lowest BCUT2D eigenvalue weighted by molar-refractivity contribution is 0.273. The number of rotatable bonds is 1. The summed E-state index contributed by atoms with van der Waals surface area (Å²) in [6.45, 7) is 2.34. The Bertz CT molecular complexity index is 612. The monoisotopic (exact) mass is 363 g/mol. The lowest BCUT2D eigenvalue weighted by atomic mass is 9.79. The summed E-state index contributed by atoms with van der Waals surface area (Å²) in [7, 11) is 0. The highest BCUT2D eigenvalue weighted by Crippen LogP contribution is 2.42. The molecular formula is C16H18BrN3S. The van der Waals surface area contributed by atoms with Crippen molar-refractivity contribution in [1.29, 1.82) is 5.26 Å². The second-order valence-electron chi connectivity index (χ2n) is 6.04.